The average molecular weight is 235 g/mol. The number of hydrogen-bond acceptors (Lipinski definition) is 4. The van der Waals surface area contributed by atoms with Crippen molar-refractivity contribution < 1.29 is 14.3 Å². The molecule has 0 N–H and O–H groups in total. The van der Waals surface area contributed by atoms with Gasteiger partial charge in [-0.25, -0.2) is 0 Å². The summed E-state index contributed by atoms with van der Waals surface area (Å²) >= 11 is 0. The van der Waals surface area contributed by atoms with Gasteiger partial charge >= 0.3 is 5.97 Å². The predicted octanol–water partition coefficient (Wildman–Crippen LogP) is 2.24. The molecule has 17 heavy (non-hydrogen) atoms. The van der Waals surface area contributed by atoms with Crippen LogP contribution in [0.25, 0.3) is 0 Å². The maximum atomic E-state index is 11.8. The molecule has 4 nitrogen and oxygen atoms in total. The molecule has 0 saturated carbocycles. The summed E-state index contributed by atoms with van der Waals surface area (Å²) in [6, 6.07) is 5.22. The summed E-state index contributed by atoms with van der Waals surface area (Å²) in [6.07, 6.45) is 2.17. The predicted molar refractivity (Wildman–Crippen MR) is 63.6 cm³/mol. The van der Waals surface area contributed by atoms with Crippen molar-refractivity contribution in [3.63, 3.8) is 0 Å². The Kier molecular flexibility index (Phi) is 5.33. The molecular weight excluding hydrogens is 218 g/mol. The molecule has 0 amide bonds. The van der Waals surface area contributed by atoms with E-state index >= 15 is 0 Å². The Morgan fingerprint density at radius 2 is 2.12 bits per heavy atom. The number of Topliss-reactive ketones (excluding diaryl/α,β-unsaturated/α-hetero) is 1. The van der Waals surface area contributed by atoms with Crippen molar-refractivity contribution >= 4 is 11.8 Å². The molecule has 0 aromatic carbocycles. The van der Waals surface area contributed by atoms with E-state index in [9.17, 15) is 9.59 Å². The van der Waals surface area contributed by atoms with Crippen LogP contribution in [0.5, 0.6) is 0 Å². The number of ketones is 1. The third kappa shape index (κ3) is 4.76. The molecule has 0 saturated heterocycles. The highest BCUT2D eigenvalue weighted by Crippen LogP contribution is 2.12. The highest BCUT2D eigenvalue weighted by molar-refractivity contribution is 5.94. The van der Waals surface area contributed by atoms with E-state index in [0.29, 0.717) is 18.7 Å². The largest absolute Gasteiger partial charge is 0.466 e. The Morgan fingerprint density at radius 1 is 1.35 bits per heavy atom. The molecule has 0 radical (unpaired) electrons. The summed E-state index contributed by atoms with van der Waals surface area (Å²) in [5.41, 5.74) is 0.447. The molecule has 1 aromatic heterocycles. The number of nitrogens with zero attached hydrogens (tertiary/aromatic N) is 1. The fraction of sp³-hybridized carbons (Fsp3) is 0.462. The van der Waals surface area contributed by atoms with Gasteiger partial charge in [0.1, 0.15) is 5.69 Å². The van der Waals surface area contributed by atoms with E-state index in [-0.39, 0.29) is 24.1 Å². The standard InChI is InChI=1S/C13H17NO3/c1-3-17-13(16)9-10(2)8-12(15)11-6-4-5-7-14-11/h4-7,10H,3,8-9H2,1-2H3/t10-/m0/s1. The fourth-order valence-corrected chi connectivity index (χ4v) is 1.53. The van der Waals surface area contributed by atoms with Crippen LogP contribution in [-0.2, 0) is 9.53 Å². The van der Waals surface area contributed by atoms with Gasteiger partial charge in [-0.3, -0.25) is 14.6 Å². The van der Waals surface area contributed by atoms with Gasteiger partial charge in [-0.1, -0.05) is 13.0 Å². The Morgan fingerprint density at radius 3 is 2.71 bits per heavy atom. The van der Waals surface area contributed by atoms with Crippen LogP contribution in [0.3, 0.4) is 0 Å². The van der Waals surface area contributed by atoms with Crippen LogP contribution in [0.1, 0.15) is 37.2 Å². The number of esters is 1. The smallest absolute Gasteiger partial charge is 0.306 e. The summed E-state index contributed by atoms with van der Waals surface area (Å²) in [7, 11) is 0. The van der Waals surface area contributed by atoms with Gasteiger partial charge in [0.05, 0.1) is 6.61 Å². The second-order valence-corrected chi connectivity index (χ2v) is 3.96. The molecule has 1 atom stereocenters. The lowest BCUT2D eigenvalue weighted by Gasteiger charge is -2.09. The highest BCUT2D eigenvalue weighted by atomic mass is 16.5. The second-order valence-electron chi connectivity index (χ2n) is 3.96. The molecule has 1 rings (SSSR count). The quantitative estimate of drug-likeness (QED) is 0.560. The third-order valence-electron chi connectivity index (χ3n) is 2.30. The summed E-state index contributed by atoms with van der Waals surface area (Å²) < 4.78 is 4.83. The van der Waals surface area contributed by atoms with Gasteiger partial charge < -0.3 is 4.74 Å². The van der Waals surface area contributed by atoms with Gasteiger partial charge in [0.2, 0.25) is 0 Å². The van der Waals surface area contributed by atoms with Crippen molar-refractivity contribution in [1.82, 2.24) is 4.98 Å². The number of pyridine rings is 1. The van der Waals surface area contributed by atoms with E-state index in [0.717, 1.165) is 0 Å². The van der Waals surface area contributed by atoms with Crippen molar-refractivity contribution in [2.45, 2.75) is 26.7 Å². The first-order chi connectivity index (χ1) is 8.13. The molecule has 0 aliphatic rings. The van der Waals surface area contributed by atoms with Crippen LogP contribution >= 0.6 is 0 Å². The van der Waals surface area contributed by atoms with Crippen molar-refractivity contribution in [1.29, 1.82) is 0 Å². The highest BCUT2D eigenvalue weighted by Gasteiger charge is 2.15. The zero-order chi connectivity index (χ0) is 12.7. The third-order valence-corrected chi connectivity index (χ3v) is 2.30. The van der Waals surface area contributed by atoms with Gasteiger partial charge in [-0.05, 0) is 25.0 Å². The molecule has 92 valence electrons. The first kappa shape index (κ1) is 13.4. The molecule has 0 unspecified atom stereocenters. The molecule has 1 heterocycles. The maximum absolute atomic E-state index is 11.8. The molecule has 4 heteroatoms. The van der Waals surface area contributed by atoms with Crippen LogP contribution in [0.2, 0.25) is 0 Å². The summed E-state index contributed by atoms with van der Waals surface area (Å²) in [5.74, 6) is -0.320. The normalized spacial score (nSPS) is 11.9. The van der Waals surface area contributed by atoms with Crippen LogP contribution < -0.4 is 0 Å². The monoisotopic (exact) mass is 235 g/mol. The minimum Gasteiger partial charge on any atom is -0.466 e. The Labute approximate surface area is 101 Å². The van der Waals surface area contributed by atoms with Crippen LogP contribution in [0.15, 0.2) is 24.4 Å². The van der Waals surface area contributed by atoms with Crippen LogP contribution in [-0.4, -0.2) is 23.3 Å². The number of carbonyl (C=O) groups is 2. The van der Waals surface area contributed by atoms with E-state index in [1.54, 1.807) is 31.3 Å². The van der Waals surface area contributed by atoms with Gasteiger partial charge in [0.15, 0.2) is 5.78 Å². The SMILES string of the molecule is CCOC(=O)C[C@@H](C)CC(=O)c1ccccn1. The minimum atomic E-state index is -0.256. The summed E-state index contributed by atoms with van der Waals surface area (Å²) in [4.78, 5) is 27.0. The first-order valence-electron chi connectivity index (χ1n) is 5.73. The van der Waals surface area contributed by atoms with E-state index in [2.05, 4.69) is 4.98 Å². The van der Waals surface area contributed by atoms with E-state index in [4.69, 9.17) is 4.74 Å². The van der Waals surface area contributed by atoms with Crippen molar-refractivity contribution in [2.75, 3.05) is 6.61 Å². The van der Waals surface area contributed by atoms with Crippen LogP contribution in [0, 0.1) is 5.92 Å². The molecule has 0 aliphatic carbocycles. The lowest BCUT2D eigenvalue weighted by atomic mass is 9.99. The Hall–Kier alpha value is -1.71. The lowest BCUT2D eigenvalue weighted by Crippen LogP contribution is -2.13. The van der Waals surface area contributed by atoms with E-state index < -0.39 is 0 Å². The Bertz CT molecular complexity index is 376. The minimum absolute atomic E-state index is 0.0245. The van der Waals surface area contributed by atoms with Crippen LogP contribution in [0.4, 0.5) is 0 Å². The van der Waals surface area contributed by atoms with Crippen molar-refractivity contribution in [3.05, 3.63) is 30.1 Å². The summed E-state index contributed by atoms with van der Waals surface area (Å²) in [6.45, 7) is 4.00. The van der Waals surface area contributed by atoms with Crippen molar-refractivity contribution in [2.24, 2.45) is 5.92 Å². The topological polar surface area (TPSA) is 56.3 Å². The zero-order valence-electron chi connectivity index (χ0n) is 10.2. The molecular formula is C13H17NO3. The number of carbonyl (C=O) groups excluding carboxylic acids is 2. The summed E-state index contributed by atoms with van der Waals surface area (Å²) in [5, 5.41) is 0. The number of hydrogen-bond donors (Lipinski definition) is 0. The molecule has 0 bridgehead atoms. The number of ether oxygens (including phenoxy) is 1. The fourth-order valence-electron chi connectivity index (χ4n) is 1.53. The molecule has 0 aliphatic heterocycles. The molecule has 0 spiro atoms. The van der Waals surface area contributed by atoms with E-state index in [1.165, 1.54) is 0 Å². The number of aromatic nitrogens is 1. The number of rotatable bonds is 6. The van der Waals surface area contributed by atoms with Gasteiger partial charge in [0, 0.05) is 19.0 Å². The lowest BCUT2D eigenvalue weighted by molar-refractivity contribution is -0.144. The second kappa shape index (κ2) is 6.78. The van der Waals surface area contributed by atoms with Crippen molar-refractivity contribution in [3.8, 4) is 0 Å². The zero-order valence-corrected chi connectivity index (χ0v) is 10.2. The van der Waals surface area contributed by atoms with Gasteiger partial charge in [-0.15, -0.1) is 0 Å². The molecule has 0 fully saturated rings. The maximum Gasteiger partial charge on any atom is 0.306 e. The van der Waals surface area contributed by atoms with E-state index in [1.807, 2.05) is 6.92 Å². The Balaban J connectivity index is 2.44. The average Bonchev–Trinajstić information content (AvgIpc) is 2.30. The molecule has 1 aromatic rings. The first-order valence-corrected chi connectivity index (χ1v) is 5.73. The van der Waals surface area contributed by atoms with Gasteiger partial charge in [-0.2, -0.15) is 0 Å². The van der Waals surface area contributed by atoms with Gasteiger partial charge in [0.25, 0.3) is 0 Å².